The Hall–Kier alpha value is -3.87. The van der Waals surface area contributed by atoms with E-state index in [0.29, 0.717) is 17.3 Å². The molecule has 30 heavy (non-hydrogen) atoms. The zero-order chi connectivity index (χ0) is 21.0. The van der Waals surface area contributed by atoms with Gasteiger partial charge in [-0.1, -0.05) is 30.3 Å². The van der Waals surface area contributed by atoms with Crippen LogP contribution in [0.25, 0.3) is 11.1 Å². The summed E-state index contributed by atoms with van der Waals surface area (Å²) in [7, 11) is 0. The lowest BCUT2D eigenvalue weighted by Crippen LogP contribution is -2.06. The van der Waals surface area contributed by atoms with Crippen LogP contribution in [0.2, 0.25) is 0 Å². The van der Waals surface area contributed by atoms with Crippen LogP contribution in [-0.4, -0.2) is 9.97 Å². The van der Waals surface area contributed by atoms with E-state index in [1.807, 2.05) is 42.5 Å². The lowest BCUT2D eigenvalue weighted by atomic mass is 10.1. The Bertz CT molecular complexity index is 1130. The van der Waals surface area contributed by atoms with Crippen molar-refractivity contribution < 1.29 is 17.9 Å². The van der Waals surface area contributed by atoms with Crippen molar-refractivity contribution in [1.29, 1.82) is 0 Å². The van der Waals surface area contributed by atoms with Crippen LogP contribution in [0.5, 0.6) is 11.6 Å². The van der Waals surface area contributed by atoms with E-state index in [0.717, 1.165) is 29.5 Å². The topological polar surface area (TPSA) is 47.0 Å². The third-order valence-corrected chi connectivity index (χ3v) is 4.28. The largest absolute Gasteiger partial charge is 0.438 e. The first kappa shape index (κ1) is 19.4. The average molecular weight is 407 g/mol. The third kappa shape index (κ3) is 4.57. The number of pyridine rings is 2. The molecule has 0 saturated heterocycles. The predicted octanol–water partition coefficient (Wildman–Crippen LogP) is 6.70. The number of anilines is 2. The summed E-state index contributed by atoms with van der Waals surface area (Å²) < 4.78 is 44.5. The van der Waals surface area contributed by atoms with Crippen molar-refractivity contribution >= 4 is 11.5 Å². The molecule has 0 unspecified atom stereocenters. The van der Waals surface area contributed by atoms with Gasteiger partial charge in [0.1, 0.15) is 11.6 Å². The molecule has 2 aromatic carbocycles. The summed E-state index contributed by atoms with van der Waals surface area (Å²) in [6, 6.07) is 22.2. The number of nitrogens with zero attached hydrogens (tertiary/aromatic N) is 2. The van der Waals surface area contributed by atoms with Crippen LogP contribution in [0.1, 0.15) is 5.56 Å². The van der Waals surface area contributed by atoms with E-state index in [9.17, 15) is 13.2 Å². The van der Waals surface area contributed by atoms with Crippen LogP contribution in [0.3, 0.4) is 0 Å². The number of hydrogen-bond donors (Lipinski definition) is 1. The second-order valence-corrected chi connectivity index (χ2v) is 6.40. The number of nitrogens with one attached hydrogen (secondary N) is 1. The van der Waals surface area contributed by atoms with Gasteiger partial charge in [-0.25, -0.2) is 9.97 Å². The molecule has 4 rings (SSSR count). The van der Waals surface area contributed by atoms with Crippen molar-refractivity contribution in [2.45, 2.75) is 6.18 Å². The average Bonchev–Trinajstić information content (AvgIpc) is 2.76. The van der Waals surface area contributed by atoms with Crippen molar-refractivity contribution in [3.05, 3.63) is 96.8 Å². The first-order valence-corrected chi connectivity index (χ1v) is 9.08. The van der Waals surface area contributed by atoms with Crippen LogP contribution < -0.4 is 10.1 Å². The zero-order valence-electron chi connectivity index (χ0n) is 15.6. The predicted molar refractivity (Wildman–Crippen MR) is 109 cm³/mol. The smallest absolute Gasteiger partial charge is 0.416 e. The van der Waals surface area contributed by atoms with E-state index in [4.69, 9.17) is 4.74 Å². The van der Waals surface area contributed by atoms with E-state index in [1.54, 1.807) is 30.5 Å². The molecule has 0 atom stereocenters. The van der Waals surface area contributed by atoms with E-state index in [-0.39, 0.29) is 5.82 Å². The maximum absolute atomic E-state index is 12.8. The zero-order valence-corrected chi connectivity index (χ0v) is 15.6. The molecular weight excluding hydrogens is 391 g/mol. The van der Waals surface area contributed by atoms with Gasteiger partial charge in [-0.05, 0) is 54.1 Å². The fraction of sp³-hybridized carbons (Fsp3) is 0.0435. The molecule has 0 fully saturated rings. The minimum atomic E-state index is -4.42. The van der Waals surface area contributed by atoms with Gasteiger partial charge in [0.2, 0.25) is 5.88 Å². The molecule has 0 aliphatic heterocycles. The van der Waals surface area contributed by atoms with Crippen molar-refractivity contribution in [3.63, 3.8) is 0 Å². The van der Waals surface area contributed by atoms with E-state index in [2.05, 4.69) is 15.3 Å². The van der Waals surface area contributed by atoms with Gasteiger partial charge in [0.05, 0.1) is 5.56 Å². The molecule has 0 aliphatic rings. The van der Waals surface area contributed by atoms with Crippen LogP contribution in [-0.2, 0) is 6.18 Å². The minimum Gasteiger partial charge on any atom is -0.438 e. The summed E-state index contributed by atoms with van der Waals surface area (Å²) in [4.78, 5) is 8.25. The quantitative estimate of drug-likeness (QED) is 0.400. The van der Waals surface area contributed by atoms with E-state index >= 15 is 0 Å². The van der Waals surface area contributed by atoms with Gasteiger partial charge < -0.3 is 10.1 Å². The first-order chi connectivity index (χ1) is 14.5. The number of alkyl halides is 3. The summed E-state index contributed by atoms with van der Waals surface area (Å²) in [6.45, 7) is 0. The minimum absolute atomic E-state index is 0.106. The Morgan fingerprint density at radius 3 is 2.27 bits per heavy atom. The fourth-order valence-corrected chi connectivity index (χ4v) is 2.85. The number of halogens is 3. The molecule has 4 nitrogen and oxygen atoms in total. The lowest BCUT2D eigenvalue weighted by molar-refractivity contribution is -0.137. The number of aromatic nitrogens is 2. The standard InChI is InChI=1S/C23H16F3N3O/c24-23(25,26)17-12-14-27-21(15-17)29-18-8-10-19(11-9-18)30-22-20(7-4-13-28-22)16-5-2-1-3-6-16/h1-15H,(H,27,29). The molecule has 2 aromatic heterocycles. The summed E-state index contributed by atoms with van der Waals surface area (Å²) in [5.74, 6) is 1.12. The number of benzene rings is 2. The highest BCUT2D eigenvalue weighted by Crippen LogP contribution is 2.33. The van der Waals surface area contributed by atoms with E-state index < -0.39 is 11.7 Å². The SMILES string of the molecule is FC(F)(F)c1ccnc(Nc2ccc(Oc3ncccc3-c3ccccc3)cc2)c1. The fourth-order valence-electron chi connectivity index (χ4n) is 2.85. The Labute approximate surface area is 171 Å². The molecular formula is C23H16F3N3O. The second kappa shape index (κ2) is 8.24. The highest BCUT2D eigenvalue weighted by Gasteiger charge is 2.30. The summed E-state index contributed by atoms with van der Waals surface area (Å²) in [5.41, 5.74) is 1.66. The maximum atomic E-state index is 12.8. The van der Waals surface area contributed by atoms with Gasteiger partial charge >= 0.3 is 6.18 Å². The first-order valence-electron chi connectivity index (χ1n) is 9.08. The monoisotopic (exact) mass is 407 g/mol. The van der Waals surface area contributed by atoms with Gasteiger partial charge in [-0.15, -0.1) is 0 Å². The van der Waals surface area contributed by atoms with Crippen molar-refractivity contribution in [2.24, 2.45) is 0 Å². The van der Waals surface area contributed by atoms with Crippen molar-refractivity contribution in [3.8, 4) is 22.8 Å². The molecule has 1 N–H and O–H groups in total. The molecule has 0 saturated carbocycles. The maximum Gasteiger partial charge on any atom is 0.416 e. The molecule has 0 aliphatic carbocycles. The van der Waals surface area contributed by atoms with Gasteiger partial charge in [0, 0.05) is 23.6 Å². The number of rotatable bonds is 5. The van der Waals surface area contributed by atoms with E-state index in [1.165, 1.54) is 0 Å². The Kier molecular flexibility index (Phi) is 5.34. The molecule has 0 bridgehead atoms. The van der Waals surface area contributed by atoms with Gasteiger partial charge in [0.25, 0.3) is 0 Å². The summed E-state index contributed by atoms with van der Waals surface area (Å²) in [5, 5.41) is 2.86. The third-order valence-electron chi connectivity index (χ3n) is 4.28. The molecule has 2 heterocycles. The molecule has 0 amide bonds. The van der Waals surface area contributed by atoms with Crippen molar-refractivity contribution in [1.82, 2.24) is 9.97 Å². The van der Waals surface area contributed by atoms with Gasteiger partial charge in [-0.2, -0.15) is 13.2 Å². The van der Waals surface area contributed by atoms with Crippen LogP contribution in [0.15, 0.2) is 91.3 Å². The summed E-state index contributed by atoms with van der Waals surface area (Å²) >= 11 is 0. The lowest BCUT2D eigenvalue weighted by Gasteiger charge is -2.12. The highest BCUT2D eigenvalue weighted by atomic mass is 19.4. The van der Waals surface area contributed by atoms with Crippen LogP contribution in [0, 0.1) is 0 Å². The highest BCUT2D eigenvalue weighted by molar-refractivity contribution is 5.68. The summed E-state index contributed by atoms with van der Waals surface area (Å²) in [6.07, 6.45) is -1.65. The molecule has 0 spiro atoms. The van der Waals surface area contributed by atoms with Crippen LogP contribution >= 0.6 is 0 Å². The van der Waals surface area contributed by atoms with Crippen molar-refractivity contribution in [2.75, 3.05) is 5.32 Å². The Balaban J connectivity index is 1.51. The van der Waals surface area contributed by atoms with Gasteiger partial charge in [-0.3, -0.25) is 0 Å². The van der Waals surface area contributed by atoms with Gasteiger partial charge in [0.15, 0.2) is 0 Å². The second-order valence-electron chi connectivity index (χ2n) is 6.40. The molecule has 150 valence electrons. The number of ether oxygens (including phenoxy) is 1. The Morgan fingerprint density at radius 2 is 1.53 bits per heavy atom. The number of hydrogen-bond acceptors (Lipinski definition) is 4. The Morgan fingerprint density at radius 1 is 0.767 bits per heavy atom. The molecule has 7 heteroatoms. The normalized spacial score (nSPS) is 11.2. The van der Waals surface area contributed by atoms with Crippen LogP contribution in [0.4, 0.5) is 24.7 Å². The molecule has 0 radical (unpaired) electrons. The molecule has 4 aromatic rings.